The molecule has 1 rings (SSSR count). The molecule has 0 bridgehead atoms. The van der Waals surface area contributed by atoms with Crippen molar-refractivity contribution in [2.24, 2.45) is 0 Å². The minimum absolute atomic E-state index is 0.463. The van der Waals surface area contributed by atoms with Crippen LogP contribution in [0.15, 0.2) is 18.5 Å². The molecular formula is C6H8N2O2. The van der Waals surface area contributed by atoms with Gasteiger partial charge in [0.1, 0.15) is 11.4 Å². The molecule has 10 heavy (non-hydrogen) atoms. The number of nitrogens with one attached hydrogen (secondary N) is 1. The average molecular weight is 140 g/mol. The van der Waals surface area contributed by atoms with Crippen molar-refractivity contribution in [3.63, 3.8) is 0 Å². The van der Waals surface area contributed by atoms with Crippen LogP contribution in [0, 0.1) is 0 Å². The van der Waals surface area contributed by atoms with Crippen LogP contribution in [0.2, 0.25) is 0 Å². The number of nitrogens with zero attached hydrogens (tertiary/aromatic N) is 1. The Morgan fingerprint density at radius 1 is 1.70 bits per heavy atom. The van der Waals surface area contributed by atoms with Gasteiger partial charge in [-0.05, 0) is 0 Å². The molecule has 0 fully saturated rings. The quantitative estimate of drug-likeness (QED) is 0.599. The molecule has 0 atom stereocenters. The molecule has 0 spiro atoms. The van der Waals surface area contributed by atoms with Gasteiger partial charge in [0.25, 0.3) is 0 Å². The minimum atomic E-state index is 0.463. The molecule has 0 saturated heterocycles. The van der Waals surface area contributed by atoms with Crippen molar-refractivity contribution in [3.05, 3.63) is 18.5 Å². The summed E-state index contributed by atoms with van der Waals surface area (Å²) < 4.78 is 4.87. The van der Waals surface area contributed by atoms with Crippen molar-refractivity contribution in [3.8, 4) is 5.75 Å². The highest BCUT2D eigenvalue weighted by molar-refractivity contribution is 5.52. The van der Waals surface area contributed by atoms with Crippen molar-refractivity contribution in [2.45, 2.75) is 0 Å². The molecule has 0 aliphatic rings. The Hall–Kier alpha value is -1.29. The minimum Gasteiger partial charge on any atom is -0.494 e. The van der Waals surface area contributed by atoms with Crippen LogP contribution in [0.1, 0.15) is 0 Å². The molecule has 1 aromatic rings. The first-order valence-corrected chi connectivity index (χ1v) is 2.76. The fourth-order valence-electron chi connectivity index (χ4n) is 0.644. The van der Waals surface area contributed by atoms with Crippen molar-refractivity contribution in [2.75, 3.05) is 12.6 Å². The molecule has 0 aliphatic heterocycles. The first-order valence-electron chi connectivity index (χ1n) is 2.76. The van der Waals surface area contributed by atoms with Crippen LogP contribution in [0.5, 0.6) is 5.75 Å². The third-order valence-corrected chi connectivity index (χ3v) is 1.12. The van der Waals surface area contributed by atoms with Crippen molar-refractivity contribution in [1.82, 2.24) is 4.98 Å². The molecule has 1 heterocycles. The summed E-state index contributed by atoms with van der Waals surface area (Å²) in [7, 11) is 1.52. The SMILES string of the molecule is COc1ccncc1NO. The van der Waals surface area contributed by atoms with E-state index in [1.165, 1.54) is 13.3 Å². The van der Waals surface area contributed by atoms with E-state index in [-0.39, 0.29) is 0 Å². The Balaban J connectivity index is 2.96. The van der Waals surface area contributed by atoms with E-state index in [1.807, 2.05) is 5.48 Å². The molecule has 1 aromatic heterocycles. The van der Waals surface area contributed by atoms with Gasteiger partial charge in [0, 0.05) is 12.3 Å². The van der Waals surface area contributed by atoms with Gasteiger partial charge in [-0.25, -0.2) is 0 Å². The van der Waals surface area contributed by atoms with E-state index in [0.717, 1.165) is 0 Å². The molecule has 0 aliphatic carbocycles. The number of methoxy groups -OCH3 is 1. The lowest BCUT2D eigenvalue weighted by Crippen LogP contribution is -1.94. The Kier molecular flexibility index (Phi) is 2.07. The van der Waals surface area contributed by atoms with Gasteiger partial charge in [-0.15, -0.1) is 0 Å². The van der Waals surface area contributed by atoms with Gasteiger partial charge in [0.15, 0.2) is 0 Å². The number of anilines is 1. The third kappa shape index (κ3) is 1.16. The Morgan fingerprint density at radius 3 is 3.00 bits per heavy atom. The van der Waals surface area contributed by atoms with Crippen LogP contribution in [0.3, 0.4) is 0 Å². The summed E-state index contributed by atoms with van der Waals surface area (Å²) in [6, 6.07) is 1.65. The smallest absolute Gasteiger partial charge is 0.147 e. The molecule has 0 amide bonds. The van der Waals surface area contributed by atoms with Crippen LogP contribution in [-0.2, 0) is 0 Å². The van der Waals surface area contributed by atoms with Gasteiger partial charge in [0.2, 0.25) is 0 Å². The zero-order valence-electron chi connectivity index (χ0n) is 5.53. The lowest BCUT2D eigenvalue weighted by Gasteiger charge is -2.03. The largest absolute Gasteiger partial charge is 0.494 e. The summed E-state index contributed by atoms with van der Waals surface area (Å²) in [5.74, 6) is 0.567. The van der Waals surface area contributed by atoms with Gasteiger partial charge in [-0.3, -0.25) is 15.7 Å². The Bertz CT molecular complexity index is 192. The van der Waals surface area contributed by atoms with Crippen LogP contribution in [-0.4, -0.2) is 17.3 Å². The molecule has 0 unspecified atom stereocenters. The average Bonchev–Trinajstić information content (AvgIpc) is 2.04. The highest BCUT2D eigenvalue weighted by Gasteiger charge is 1.97. The van der Waals surface area contributed by atoms with E-state index in [1.54, 1.807) is 12.3 Å². The predicted octanol–water partition coefficient (Wildman–Crippen LogP) is 0.891. The number of pyridine rings is 1. The molecule has 2 N–H and O–H groups in total. The van der Waals surface area contributed by atoms with E-state index < -0.39 is 0 Å². The molecule has 4 nitrogen and oxygen atoms in total. The van der Waals surface area contributed by atoms with Crippen molar-refractivity contribution >= 4 is 5.69 Å². The number of hydrogen-bond donors (Lipinski definition) is 2. The monoisotopic (exact) mass is 140 g/mol. The maximum absolute atomic E-state index is 8.48. The zero-order chi connectivity index (χ0) is 7.40. The predicted molar refractivity (Wildman–Crippen MR) is 36.2 cm³/mol. The second kappa shape index (κ2) is 3.03. The standard InChI is InChI=1S/C6H8N2O2/c1-10-6-2-3-7-4-5(6)8-9/h2-4,8-9H,1H3. The second-order valence-electron chi connectivity index (χ2n) is 1.69. The molecule has 4 heteroatoms. The van der Waals surface area contributed by atoms with E-state index in [0.29, 0.717) is 11.4 Å². The molecule has 0 radical (unpaired) electrons. The fraction of sp³-hybridized carbons (Fsp3) is 0.167. The van der Waals surface area contributed by atoms with Gasteiger partial charge in [0.05, 0.1) is 13.3 Å². The maximum atomic E-state index is 8.48. The summed E-state index contributed by atoms with van der Waals surface area (Å²) in [5.41, 5.74) is 2.42. The van der Waals surface area contributed by atoms with Gasteiger partial charge in [-0.2, -0.15) is 0 Å². The summed E-state index contributed by atoms with van der Waals surface area (Å²) in [5, 5.41) is 8.48. The van der Waals surface area contributed by atoms with E-state index in [2.05, 4.69) is 4.98 Å². The highest BCUT2D eigenvalue weighted by atomic mass is 16.5. The van der Waals surface area contributed by atoms with Crippen molar-refractivity contribution < 1.29 is 9.94 Å². The normalized spacial score (nSPS) is 9.00. The summed E-state index contributed by atoms with van der Waals surface area (Å²) in [6.45, 7) is 0. The van der Waals surface area contributed by atoms with Crippen LogP contribution < -0.4 is 10.2 Å². The number of ether oxygens (including phenoxy) is 1. The Morgan fingerprint density at radius 2 is 2.50 bits per heavy atom. The van der Waals surface area contributed by atoms with Gasteiger partial charge < -0.3 is 4.74 Å². The van der Waals surface area contributed by atoms with Gasteiger partial charge in [-0.1, -0.05) is 0 Å². The third-order valence-electron chi connectivity index (χ3n) is 1.12. The molecule has 54 valence electrons. The van der Waals surface area contributed by atoms with E-state index >= 15 is 0 Å². The lowest BCUT2D eigenvalue weighted by molar-refractivity contribution is 0.373. The van der Waals surface area contributed by atoms with Crippen molar-refractivity contribution in [1.29, 1.82) is 0 Å². The zero-order valence-corrected chi connectivity index (χ0v) is 5.53. The van der Waals surface area contributed by atoms with Crippen LogP contribution in [0.25, 0.3) is 0 Å². The number of hydrogen-bond acceptors (Lipinski definition) is 4. The molecular weight excluding hydrogens is 132 g/mol. The van der Waals surface area contributed by atoms with E-state index in [4.69, 9.17) is 9.94 Å². The second-order valence-corrected chi connectivity index (χ2v) is 1.69. The van der Waals surface area contributed by atoms with Gasteiger partial charge >= 0.3 is 0 Å². The topological polar surface area (TPSA) is 54.4 Å². The number of aromatic nitrogens is 1. The molecule has 0 saturated carbocycles. The van der Waals surface area contributed by atoms with Crippen LogP contribution >= 0.6 is 0 Å². The first kappa shape index (κ1) is 6.82. The Labute approximate surface area is 58.4 Å². The fourth-order valence-corrected chi connectivity index (χ4v) is 0.644. The summed E-state index contributed by atoms with van der Waals surface area (Å²) >= 11 is 0. The van der Waals surface area contributed by atoms with Crippen LogP contribution in [0.4, 0.5) is 5.69 Å². The lowest BCUT2D eigenvalue weighted by atomic mass is 10.4. The summed E-state index contributed by atoms with van der Waals surface area (Å²) in [4.78, 5) is 3.76. The van der Waals surface area contributed by atoms with E-state index in [9.17, 15) is 0 Å². The first-order chi connectivity index (χ1) is 4.88. The maximum Gasteiger partial charge on any atom is 0.147 e. The number of rotatable bonds is 2. The molecule has 0 aromatic carbocycles. The highest BCUT2D eigenvalue weighted by Crippen LogP contribution is 2.20. The summed E-state index contributed by atoms with van der Waals surface area (Å²) in [6.07, 6.45) is 3.05.